The molecule has 0 aromatic heterocycles. The van der Waals surface area contributed by atoms with Gasteiger partial charge in [0.15, 0.2) is 0 Å². The van der Waals surface area contributed by atoms with Gasteiger partial charge in [-0.25, -0.2) is 12.8 Å². The molecule has 3 N–H and O–H groups in total. The Labute approximate surface area is 163 Å². The molecule has 150 valence electrons. The number of benzene rings is 2. The van der Waals surface area contributed by atoms with Gasteiger partial charge in [0.2, 0.25) is 15.9 Å². The van der Waals surface area contributed by atoms with Crippen LogP contribution in [-0.4, -0.2) is 26.1 Å². The van der Waals surface area contributed by atoms with Crippen molar-refractivity contribution in [3.05, 3.63) is 53.3 Å². The topological polar surface area (TPSA) is 98.7 Å². The zero-order valence-electron chi connectivity index (χ0n) is 15.4. The number of amides is 1. The van der Waals surface area contributed by atoms with E-state index < -0.39 is 15.8 Å². The summed E-state index contributed by atoms with van der Waals surface area (Å²) < 4.78 is 42.0. The first-order chi connectivity index (χ1) is 13.3. The number of anilines is 3. The van der Waals surface area contributed by atoms with Crippen molar-refractivity contribution in [2.45, 2.75) is 31.9 Å². The van der Waals surface area contributed by atoms with Crippen molar-refractivity contribution < 1.29 is 22.8 Å². The minimum absolute atomic E-state index is 0.123. The molecule has 0 fully saturated rings. The summed E-state index contributed by atoms with van der Waals surface area (Å²) in [6, 6.07) is 8.92. The Hall–Kier alpha value is -2.65. The second kappa shape index (κ2) is 8.15. The van der Waals surface area contributed by atoms with Crippen LogP contribution in [0.15, 0.2) is 36.4 Å². The van der Waals surface area contributed by atoms with Crippen molar-refractivity contribution in [1.29, 1.82) is 0 Å². The van der Waals surface area contributed by atoms with Crippen molar-refractivity contribution in [1.82, 2.24) is 0 Å². The highest BCUT2D eigenvalue weighted by atomic mass is 32.2. The Kier molecular flexibility index (Phi) is 5.85. The second-order valence-corrected chi connectivity index (χ2v) is 8.40. The lowest BCUT2D eigenvalue weighted by atomic mass is 10.00. The van der Waals surface area contributed by atoms with Crippen molar-refractivity contribution >= 4 is 33.0 Å². The predicted molar refractivity (Wildman–Crippen MR) is 105 cm³/mol. The summed E-state index contributed by atoms with van der Waals surface area (Å²) in [6.45, 7) is 2.33. The molecule has 1 amide bonds. The van der Waals surface area contributed by atoms with E-state index in [1.54, 1.807) is 30.3 Å². The Morgan fingerprint density at radius 2 is 1.86 bits per heavy atom. The van der Waals surface area contributed by atoms with E-state index in [1.165, 1.54) is 4.90 Å². The van der Waals surface area contributed by atoms with Gasteiger partial charge in [0, 0.05) is 19.0 Å². The van der Waals surface area contributed by atoms with Gasteiger partial charge in [0.05, 0.1) is 22.8 Å². The van der Waals surface area contributed by atoms with Gasteiger partial charge in [-0.15, -0.1) is 0 Å². The molecule has 2 aromatic carbocycles. The molecule has 0 bridgehead atoms. The summed E-state index contributed by atoms with van der Waals surface area (Å²) in [6.07, 6.45) is 1.34. The van der Waals surface area contributed by atoms with Crippen LogP contribution in [0.5, 0.6) is 0 Å². The number of carbonyl (C=O) groups is 1. The lowest BCUT2D eigenvalue weighted by molar-refractivity contribution is -0.118. The number of nitrogens with zero attached hydrogens (tertiary/aromatic N) is 1. The monoisotopic (exact) mass is 407 g/mol. The van der Waals surface area contributed by atoms with E-state index in [4.69, 9.17) is 5.21 Å². The molecule has 0 radical (unpaired) electrons. The Bertz CT molecular complexity index is 977. The van der Waals surface area contributed by atoms with Crippen LogP contribution in [-0.2, 0) is 27.0 Å². The number of halogens is 1. The minimum Gasteiger partial charge on any atom is -0.309 e. The molecule has 0 saturated carbocycles. The van der Waals surface area contributed by atoms with Gasteiger partial charge in [0.25, 0.3) is 0 Å². The summed E-state index contributed by atoms with van der Waals surface area (Å²) in [5, 5.41) is 8.81. The normalized spacial score (nSPS) is 14.0. The van der Waals surface area contributed by atoms with E-state index >= 15 is 0 Å². The van der Waals surface area contributed by atoms with Crippen molar-refractivity contribution in [2.24, 2.45) is 0 Å². The molecule has 3 rings (SSSR count). The Morgan fingerprint density at radius 3 is 2.50 bits per heavy atom. The molecule has 0 saturated heterocycles. The molecular weight excluding hydrogens is 385 g/mol. The molecule has 1 aliphatic rings. The SMILES string of the molecule is CCCN1C(=O)CCc2cc(NS(=O)(=O)Cc3ccc(NO)cc3)cc(F)c21. The van der Waals surface area contributed by atoms with Gasteiger partial charge in [-0.1, -0.05) is 19.1 Å². The highest BCUT2D eigenvalue weighted by Gasteiger charge is 2.27. The maximum absolute atomic E-state index is 14.7. The number of hydrogen-bond donors (Lipinski definition) is 3. The lowest BCUT2D eigenvalue weighted by Gasteiger charge is -2.30. The fraction of sp³-hybridized carbons (Fsp3) is 0.316. The van der Waals surface area contributed by atoms with Gasteiger partial charge in [0.1, 0.15) is 5.82 Å². The second-order valence-electron chi connectivity index (χ2n) is 6.68. The maximum Gasteiger partial charge on any atom is 0.236 e. The number of hydrogen-bond acceptors (Lipinski definition) is 5. The summed E-state index contributed by atoms with van der Waals surface area (Å²) in [4.78, 5) is 13.5. The third-order valence-electron chi connectivity index (χ3n) is 4.48. The average Bonchev–Trinajstić information content (AvgIpc) is 2.64. The van der Waals surface area contributed by atoms with Crippen LogP contribution in [0.1, 0.15) is 30.9 Å². The zero-order valence-corrected chi connectivity index (χ0v) is 16.2. The number of carbonyl (C=O) groups excluding carboxylic acids is 1. The molecule has 0 unspecified atom stereocenters. The smallest absolute Gasteiger partial charge is 0.236 e. The highest BCUT2D eigenvalue weighted by molar-refractivity contribution is 7.91. The van der Waals surface area contributed by atoms with E-state index in [-0.39, 0.29) is 29.5 Å². The van der Waals surface area contributed by atoms with Crippen LogP contribution >= 0.6 is 0 Å². The summed E-state index contributed by atoms with van der Waals surface area (Å²) in [5.41, 5.74) is 3.93. The zero-order chi connectivity index (χ0) is 20.3. The standard InChI is InChI=1S/C19H22FN3O4S/c1-2-9-23-18(24)8-5-14-10-16(11-17(20)19(14)23)22-28(26,27)12-13-3-6-15(21-25)7-4-13/h3-4,6-7,10-11,21-22,25H,2,5,8-9,12H2,1H3. The van der Waals surface area contributed by atoms with Crippen LogP contribution in [0.3, 0.4) is 0 Å². The molecule has 0 spiro atoms. The van der Waals surface area contributed by atoms with Crippen LogP contribution < -0.4 is 15.1 Å². The first kappa shape index (κ1) is 20.1. The summed E-state index contributed by atoms with van der Waals surface area (Å²) in [7, 11) is -3.77. The number of sulfonamides is 1. The fourth-order valence-corrected chi connectivity index (χ4v) is 4.46. The number of rotatable bonds is 7. The average molecular weight is 407 g/mol. The predicted octanol–water partition coefficient (Wildman–Crippen LogP) is 3.26. The largest absolute Gasteiger partial charge is 0.309 e. The van der Waals surface area contributed by atoms with E-state index in [0.29, 0.717) is 36.2 Å². The van der Waals surface area contributed by atoms with Crippen molar-refractivity contribution in [2.75, 3.05) is 21.6 Å². The molecule has 0 aliphatic carbocycles. The van der Waals surface area contributed by atoms with Gasteiger partial charge in [-0.05, 0) is 42.2 Å². The maximum atomic E-state index is 14.7. The molecule has 1 heterocycles. The van der Waals surface area contributed by atoms with Gasteiger partial charge >= 0.3 is 0 Å². The van der Waals surface area contributed by atoms with E-state index in [9.17, 15) is 17.6 Å². The minimum atomic E-state index is -3.77. The molecule has 0 atom stereocenters. The fourth-order valence-electron chi connectivity index (χ4n) is 3.28. The van der Waals surface area contributed by atoms with Crippen molar-refractivity contribution in [3.63, 3.8) is 0 Å². The molecule has 28 heavy (non-hydrogen) atoms. The van der Waals surface area contributed by atoms with Gasteiger partial charge in [-0.2, -0.15) is 0 Å². The number of fused-ring (bicyclic) bond motifs is 1. The summed E-state index contributed by atoms with van der Waals surface area (Å²) >= 11 is 0. The Morgan fingerprint density at radius 1 is 1.14 bits per heavy atom. The molecule has 2 aromatic rings. The van der Waals surface area contributed by atoms with Gasteiger partial charge in [-0.3, -0.25) is 20.2 Å². The summed E-state index contributed by atoms with van der Waals surface area (Å²) in [5.74, 6) is -1.03. The van der Waals surface area contributed by atoms with E-state index in [0.717, 1.165) is 6.07 Å². The van der Waals surface area contributed by atoms with Crippen LogP contribution in [0.4, 0.5) is 21.5 Å². The van der Waals surface area contributed by atoms with Gasteiger partial charge < -0.3 is 4.90 Å². The molecular formula is C19H22FN3O4S. The first-order valence-electron chi connectivity index (χ1n) is 8.95. The van der Waals surface area contributed by atoms with Crippen LogP contribution in [0, 0.1) is 5.82 Å². The highest BCUT2D eigenvalue weighted by Crippen LogP contribution is 2.34. The van der Waals surface area contributed by atoms with E-state index in [1.807, 2.05) is 12.4 Å². The van der Waals surface area contributed by atoms with Crippen LogP contribution in [0.25, 0.3) is 0 Å². The lowest BCUT2D eigenvalue weighted by Crippen LogP contribution is -2.36. The van der Waals surface area contributed by atoms with Crippen LogP contribution in [0.2, 0.25) is 0 Å². The molecule has 1 aliphatic heterocycles. The van der Waals surface area contributed by atoms with E-state index in [2.05, 4.69) is 4.72 Å². The Balaban J connectivity index is 1.82. The third-order valence-corrected chi connectivity index (χ3v) is 5.74. The molecule has 9 heteroatoms. The molecule has 7 nitrogen and oxygen atoms in total. The first-order valence-corrected chi connectivity index (χ1v) is 10.6. The third kappa shape index (κ3) is 4.42. The van der Waals surface area contributed by atoms with Crippen molar-refractivity contribution in [3.8, 4) is 0 Å². The number of aryl methyl sites for hydroxylation is 1. The quantitative estimate of drug-likeness (QED) is 0.612. The number of nitrogens with one attached hydrogen (secondary N) is 2.